The van der Waals surface area contributed by atoms with Crippen molar-refractivity contribution < 1.29 is 0 Å². The molecule has 0 aromatic heterocycles. The first-order valence-corrected chi connectivity index (χ1v) is 12.1. The lowest BCUT2D eigenvalue weighted by Crippen LogP contribution is -2.27. The van der Waals surface area contributed by atoms with Gasteiger partial charge in [-0.05, 0) is 77.9 Å². The van der Waals surface area contributed by atoms with Crippen molar-refractivity contribution in [2.24, 2.45) is 0 Å². The van der Waals surface area contributed by atoms with Crippen LogP contribution >= 0.6 is 0 Å². The highest BCUT2D eigenvalue weighted by Crippen LogP contribution is 2.39. The van der Waals surface area contributed by atoms with Gasteiger partial charge in [-0.15, -0.1) is 0 Å². The Morgan fingerprint density at radius 2 is 0.941 bits per heavy atom. The third-order valence-corrected chi connectivity index (χ3v) is 7.31. The molecule has 0 bridgehead atoms. The van der Waals surface area contributed by atoms with Crippen molar-refractivity contribution in [1.82, 2.24) is 0 Å². The minimum Gasteiger partial charge on any atom is -0.0763 e. The van der Waals surface area contributed by atoms with Gasteiger partial charge in [0.25, 0.3) is 0 Å². The molecule has 0 heterocycles. The van der Waals surface area contributed by atoms with Crippen molar-refractivity contribution in [2.75, 3.05) is 0 Å². The van der Waals surface area contributed by atoms with E-state index < -0.39 is 0 Å². The Balaban J connectivity index is 1.53. The Morgan fingerprint density at radius 1 is 0.353 bits per heavy atom. The third kappa shape index (κ3) is 2.92. The molecule has 6 aromatic rings. The van der Waals surface area contributed by atoms with Crippen molar-refractivity contribution >= 4 is 44.5 Å². The summed E-state index contributed by atoms with van der Waals surface area (Å²) in [5.41, 5.74) is 5.15. The van der Waals surface area contributed by atoms with Crippen LogP contribution in [-0.2, 0) is 0 Å². The van der Waals surface area contributed by atoms with Gasteiger partial charge in [0, 0.05) is 0 Å². The average molecular weight is 433 g/mol. The lowest BCUT2D eigenvalue weighted by Gasteiger charge is -2.16. The third-order valence-electron chi connectivity index (χ3n) is 7.31. The predicted octanol–water partition coefficient (Wildman–Crippen LogP) is 7.84. The topological polar surface area (TPSA) is 0 Å². The van der Waals surface area contributed by atoms with Crippen molar-refractivity contribution in [2.45, 2.75) is 12.8 Å². The first kappa shape index (κ1) is 19.3. The summed E-state index contributed by atoms with van der Waals surface area (Å²) in [6.07, 6.45) is 7.03. The van der Waals surface area contributed by atoms with Gasteiger partial charge >= 0.3 is 0 Å². The number of fused-ring (bicyclic) bond motifs is 6. The van der Waals surface area contributed by atoms with Crippen LogP contribution in [0.25, 0.3) is 66.7 Å². The highest BCUT2D eigenvalue weighted by atomic mass is 14.2. The summed E-state index contributed by atoms with van der Waals surface area (Å²) in [5, 5.41) is 10.6. The fourth-order valence-corrected chi connectivity index (χ4v) is 5.73. The zero-order chi connectivity index (χ0) is 22.5. The number of hydrogen-bond donors (Lipinski definition) is 0. The van der Waals surface area contributed by atoms with Crippen molar-refractivity contribution in [3.63, 3.8) is 0 Å². The van der Waals surface area contributed by atoms with Gasteiger partial charge in [-0.25, -0.2) is 0 Å². The summed E-state index contributed by atoms with van der Waals surface area (Å²) < 4.78 is 0. The van der Waals surface area contributed by atoms with Crippen LogP contribution in [0.15, 0.2) is 109 Å². The SMILES string of the molecule is C1=c2ccc3c(-c4ccccc4-c4cccc5c4ccc4ccccc45)cccc3c2=CCC1. The second-order valence-corrected chi connectivity index (χ2v) is 9.19. The molecule has 7 rings (SSSR count). The number of hydrogen-bond acceptors (Lipinski definition) is 0. The lowest BCUT2D eigenvalue weighted by atomic mass is 9.88. The predicted molar refractivity (Wildman–Crippen MR) is 147 cm³/mol. The van der Waals surface area contributed by atoms with E-state index in [1.54, 1.807) is 0 Å². The van der Waals surface area contributed by atoms with Gasteiger partial charge in [0.15, 0.2) is 0 Å². The van der Waals surface area contributed by atoms with E-state index in [1.165, 1.54) is 65.0 Å². The fraction of sp³-hybridized carbons (Fsp3) is 0.0588. The van der Waals surface area contributed by atoms with Gasteiger partial charge < -0.3 is 0 Å². The number of rotatable bonds is 2. The van der Waals surface area contributed by atoms with Crippen LogP contribution in [0.3, 0.4) is 0 Å². The molecule has 0 aliphatic heterocycles. The van der Waals surface area contributed by atoms with Crippen molar-refractivity contribution in [3.8, 4) is 22.3 Å². The molecule has 0 saturated carbocycles. The van der Waals surface area contributed by atoms with Crippen LogP contribution in [0.4, 0.5) is 0 Å². The molecule has 1 aliphatic rings. The van der Waals surface area contributed by atoms with E-state index in [0.717, 1.165) is 12.8 Å². The zero-order valence-electron chi connectivity index (χ0n) is 19.0. The van der Waals surface area contributed by atoms with Crippen LogP contribution in [0, 0.1) is 0 Å². The molecule has 0 amide bonds. The van der Waals surface area contributed by atoms with E-state index in [0.29, 0.717) is 0 Å². The van der Waals surface area contributed by atoms with Gasteiger partial charge in [-0.1, -0.05) is 121 Å². The zero-order valence-corrected chi connectivity index (χ0v) is 19.0. The maximum absolute atomic E-state index is 2.41. The monoisotopic (exact) mass is 432 g/mol. The Labute approximate surface area is 199 Å². The standard InChI is InChI=1S/C34H24/c1-3-11-25-23(9-1)19-21-33-27(25)15-7-17-31(33)29-13-5-6-14-30(29)32-18-8-16-28-26-12-4-2-10-24(26)20-22-34(28)32/h1,3,5-22H,2,4H2. The summed E-state index contributed by atoms with van der Waals surface area (Å²) in [6, 6.07) is 40.2. The molecule has 1 aliphatic carbocycles. The average Bonchev–Trinajstić information content (AvgIpc) is 2.92. The first-order valence-electron chi connectivity index (χ1n) is 12.1. The molecular weight excluding hydrogens is 408 g/mol. The Morgan fingerprint density at radius 3 is 1.76 bits per heavy atom. The molecule has 0 fully saturated rings. The molecule has 6 aromatic carbocycles. The summed E-state index contributed by atoms with van der Waals surface area (Å²) in [7, 11) is 0. The molecule has 0 atom stereocenters. The maximum Gasteiger partial charge on any atom is -0.00987 e. The molecule has 0 N–H and O–H groups in total. The van der Waals surface area contributed by atoms with E-state index in [4.69, 9.17) is 0 Å². The maximum atomic E-state index is 2.41. The van der Waals surface area contributed by atoms with Crippen molar-refractivity contribution in [3.05, 3.63) is 120 Å². The van der Waals surface area contributed by atoms with E-state index in [2.05, 4.69) is 121 Å². The van der Waals surface area contributed by atoms with Crippen LogP contribution < -0.4 is 10.4 Å². The molecule has 0 saturated heterocycles. The second-order valence-electron chi connectivity index (χ2n) is 9.19. The Hall–Kier alpha value is -4.16. The summed E-state index contributed by atoms with van der Waals surface area (Å²) in [6.45, 7) is 0. The van der Waals surface area contributed by atoms with E-state index in [-0.39, 0.29) is 0 Å². The molecule has 0 nitrogen and oxygen atoms in total. The molecule has 0 spiro atoms. The minimum atomic E-state index is 1.12. The second kappa shape index (κ2) is 7.71. The summed E-state index contributed by atoms with van der Waals surface area (Å²) in [4.78, 5) is 0. The largest absolute Gasteiger partial charge is 0.0763 e. The van der Waals surface area contributed by atoms with Gasteiger partial charge in [0.1, 0.15) is 0 Å². The molecule has 160 valence electrons. The summed E-state index contributed by atoms with van der Waals surface area (Å²) in [5.74, 6) is 0. The minimum absolute atomic E-state index is 1.12. The van der Waals surface area contributed by atoms with E-state index in [9.17, 15) is 0 Å². The molecule has 0 heteroatoms. The molecule has 0 unspecified atom stereocenters. The van der Waals surface area contributed by atoms with Crippen LogP contribution in [0.2, 0.25) is 0 Å². The highest BCUT2D eigenvalue weighted by molar-refractivity contribution is 6.13. The number of benzene rings is 6. The van der Waals surface area contributed by atoms with Gasteiger partial charge in [-0.3, -0.25) is 0 Å². The van der Waals surface area contributed by atoms with Gasteiger partial charge in [-0.2, -0.15) is 0 Å². The first-order chi connectivity index (χ1) is 16.9. The van der Waals surface area contributed by atoms with Crippen LogP contribution in [-0.4, -0.2) is 0 Å². The van der Waals surface area contributed by atoms with Crippen LogP contribution in [0.5, 0.6) is 0 Å². The van der Waals surface area contributed by atoms with Crippen LogP contribution in [0.1, 0.15) is 12.8 Å². The van der Waals surface area contributed by atoms with Gasteiger partial charge in [0.2, 0.25) is 0 Å². The normalized spacial score (nSPS) is 12.9. The lowest BCUT2D eigenvalue weighted by molar-refractivity contribution is 1.12. The van der Waals surface area contributed by atoms with Crippen molar-refractivity contribution in [1.29, 1.82) is 0 Å². The molecular formula is C34H24. The molecule has 34 heavy (non-hydrogen) atoms. The quantitative estimate of drug-likeness (QED) is 0.245. The van der Waals surface area contributed by atoms with E-state index >= 15 is 0 Å². The highest BCUT2D eigenvalue weighted by Gasteiger charge is 2.14. The van der Waals surface area contributed by atoms with Gasteiger partial charge in [0.05, 0.1) is 0 Å². The molecule has 0 radical (unpaired) electrons. The smallest absolute Gasteiger partial charge is 0.00987 e. The fourth-order valence-electron chi connectivity index (χ4n) is 5.73. The summed E-state index contributed by atoms with van der Waals surface area (Å²) >= 11 is 0. The Kier molecular flexibility index (Phi) is 4.38. The Bertz CT molecular complexity index is 1850. The van der Waals surface area contributed by atoms with E-state index in [1.807, 2.05) is 0 Å².